The molecule has 2 heterocycles. The summed E-state index contributed by atoms with van der Waals surface area (Å²) in [6.07, 6.45) is 5.30. The zero-order valence-electron chi connectivity index (χ0n) is 12.9. The van der Waals surface area contributed by atoms with E-state index in [9.17, 15) is 0 Å². The van der Waals surface area contributed by atoms with Crippen LogP contribution in [-0.4, -0.2) is 20.3 Å². The third-order valence-corrected chi connectivity index (χ3v) is 3.28. The Bertz CT molecular complexity index is 604. The van der Waals surface area contributed by atoms with Crippen LogP contribution in [0.15, 0.2) is 29.1 Å². The number of ether oxygens (including phenoxy) is 1. The van der Waals surface area contributed by atoms with E-state index in [2.05, 4.69) is 52.1 Å². The Hall–Kier alpha value is -1.40. The van der Waals surface area contributed by atoms with Crippen LogP contribution in [0.5, 0.6) is 11.6 Å². The molecule has 2 aromatic heterocycles. The number of hydrogen-bond acceptors (Lipinski definition) is 4. The minimum Gasteiger partial charge on any atom is -0.435 e. The van der Waals surface area contributed by atoms with Gasteiger partial charge in [0.15, 0.2) is 5.75 Å². The molecule has 0 radical (unpaired) electrons. The van der Waals surface area contributed by atoms with Crippen molar-refractivity contribution in [1.82, 2.24) is 20.1 Å². The highest BCUT2D eigenvalue weighted by molar-refractivity contribution is 9.10. The quantitative estimate of drug-likeness (QED) is 0.890. The van der Waals surface area contributed by atoms with Gasteiger partial charge in [-0.05, 0) is 49.7 Å². The molecule has 0 aromatic carbocycles. The number of aromatic nitrogens is 3. The van der Waals surface area contributed by atoms with Gasteiger partial charge in [-0.15, -0.1) is 0 Å². The normalized spacial score (nSPS) is 11.7. The number of hydrogen-bond donors (Lipinski definition) is 1. The molecule has 0 unspecified atom stereocenters. The zero-order chi connectivity index (χ0) is 15.5. The number of nitrogens with one attached hydrogen (secondary N) is 1. The van der Waals surface area contributed by atoms with Gasteiger partial charge in [0, 0.05) is 34.9 Å². The largest absolute Gasteiger partial charge is 0.435 e. The van der Waals surface area contributed by atoms with E-state index in [4.69, 9.17) is 4.74 Å². The second-order valence-electron chi connectivity index (χ2n) is 5.86. The number of halogens is 1. The molecule has 5 nitrogen and oxygen atoms in total. The molecule has 114 valence electrons. The molecule has 2 rings (SSSR count). The van der Waals surface area contributed by atoms with Crippen LogP contribution in [0.25, 0.3) is 0 Å². The maximum absolute atomic E-state index is 5.86. The van der Waals surface area contributed by atoms with Gasteiger partial charge >= 0.3 is 0 Å². The van der Waals surface area contributed by atoms with Crippen LogP contribution in [0.1, 0.15) is 33.3 Å². The smallest absolute Gasteiger partial charge is 0.223 e. The van der Waals surface area contributed by atoms with Crippen LogP contribution >= 0.6 is 15.9 Å². The van der Waals surface area contributed by atoms with Gasteiger partial charge in [0.05, 0.1) is 12.4 Å². The molecule has 0 amide bonds. The Balaban J connectivity index is 2.17. The Morgan fingerprint density at radius 1 is 1.33 bits per heavy atom. The van der Waals surface area contributed by atoms with Crippen molar-refractivity contribution in [3.63, 3.8) is 0 Å². The number of rotatable bonds is 5. The summed E-state index contributed by atoms with van der Waals surface area (Å²) in [7, 11) is 0. The second kappa shape index (κ2) is 6.58. The Morgan fingerprint density at radius 3 is 2.71 bits per heavy atom. The van der Waals surface area contributed by atoms with Gasteiger partial charge in [0.1, 0.15) is 0 Å². The van der Waals surface area contributed by atoms with E-state index in [0.29, 0.717) is 18.2 Å². The minimum atomic E-state index is 0.0344. The maximum atomic E-state index is 5.86. The summed E-state index contributed by atoms with van der Waals surface area (Å²) in [6, 6.07) is 2.02. The molecule has 0 aliphatic carbocycles. The summed E-state index contributed by atoms with van der Waals surface area (Å²) in [5.41, 5.74) is 1.04. The highest BCUT2D eigenvalue weighted by atomic mass is 79.9. The van der Waals surface area contributed by atoms with Crippen LogP contribution in [0.3, 0.4) is 0 Å². The summed E-state index contributed by atoms with van der Waals surface area (Å²) in [5.74, 6) is 1.30. The average molecular weight is 353 g/mol. The third-order valence-electron chi connectivity index (χ3n) is 2.85. The van der Waals surface area contributed by atoms with E-state index >= 15 is 0 Å². The average Bonchev–Trinajstić information content (AvgIpc) is 2.86. The fourth-order valence-corrected chi connectivity index (χ4v) is 2.11. The topological polar surface area (TPSA) is 52.0 Å². The summed E-state index contributed by atoms with van der Waals surface area (Å²) >= 11 is 3.46. The molecular weight excluding hydrogens is 332 g/mol. The fourth-order valence-electron chi connectivity index (χ4n) is 1.73. The van der Waals surface area contributed by atoms with Crippen LogP contribution in [0.2, 0.25) is 0 Å². The number of pyridine rings is 1. The lowest BCUT2D eigenvalue weighted by Gasteiger charge is -2.21. The van der Waals surface area contributed by atoms with Crippen molar-refractivity contribution in [2.75, 3.05) is 0 Å². The van der Waals surface area contributed by atoms with Crippen molar-refractivity contribution < 1.29 is 4.74 Å². The van der Waals surface area contributed by atoms with Crippen LogP contribution < -0.4 is 10.1 Å². The van der Waals surface area contributed by atoms with Gasteiger partial charge in [-0.1, -0.05) is 0 Å². The molecule has 0 fully saturated rings. The molecule has 21 heavy (non-hydrogen) atoms. The van der Waals surface area contributed by atoms with Crippen molar-refractivity contribution in [2.24, 2.45) is 0 Å². The number of aryl methyl sites for hydroxylation is 1. The lowest BCUT2D eigenvalue weighted by Crippen LogP contribution is -2.35. The predicted octanol–water partition coefficient (Wildman–Crippen LogP) is 3.74. The highest BCUT2D eigenvalue weighted by Crippen LogP contribution is 2.25. The first-order valence-electron chi connectivity index (χ1n) is 6.97. The first kappa shape index (κ1) is 16.0. The molecular formula is C15H21BrN4O. The highest BCUT2D eigenvalue weighted by Gasteiger charge is 2.13. The first-order valence-corrected chi connectivity index (χ1v) is 7.76. The Labute approximate surface area is 133 Å². The second-order valence-corrected chi connectivity index (χ2v) is 6.77. The minimum absolute atomic E-state index is 0.0344. The molecule has 1 N–H and O–H groups in total. The van der Waals surface area contributed by atoms with Gasteiger partial charge in [-0.2, -0.15) is 5.10 Å². The van der Waals surface area contributed by atoms with Crippen LogP contribution in [-0.2, 0) is 13.1 Å². The molecule has 0 saturated carbocycles. The fraction of sp³-hybridized carbons (Fsp3) is 0.467. The summed E-state index contributed by atoms with van der Waals surface area (Å²) in [6.45, 7) is 9.93. The lowest BCUT2D eigenvalue weighted by atomic mass is 10.1. The van der Waals surface area contributed by atoms with E-state index in [1.807, 2.05) is 23.9 Å². The first-order chi connectivity index (χ1) is 9.87. The van der Waals surface area contributed by atoms with Crippen molar-refractivity contribution in [3.05, 3.63) is 34.7 Å². The van der Waals surface area contributed by atoms with Crippen LogP contribution in [0.4, 0.5) is 0 Å². The molecule has 0 atom stereocenters. The molecule has 2 aromatic rings. The molecule has 0 aliphatic heterocycles. The van der Waals surface area contributed by atoms with Crippen molar-refractivity contribution in [2.45, 2.75) is 46.3 Å². The maximum Gasteiger partial charge on any atom is 0.223 e. The van der Waals surface area contributed by atoms with Gasteiger partial charge in [0.2, 0.25) is 5.88 Å². The van der Waals surface area contributed by atoms with E-state index in [1.165, 1.54) is 0 Å². The van der Waals surface area contributed by atoms with E-state index in [0.717, 1.165) is 16.6 Å². The Kier molecular flexibility index (Phi) is 5.00. The summed E-state index contributed by atoms with van der Waals surface area (Å²) in [5, 5.41) is 7.65. The van der Waals surface area contributed by atoms with E-state index in [1.54, 1.807) is 12.4 Å². The molecule has 0 spiro atoms. The van der Waals surface area contributed by atoms with Crippen molar-refractivity contribution >= 4 is 15.9 Å². The molecule has 0 saturated heterocycles. The van der Waals surface area contributed by atoms with Crippen molar-refractivity contribution in [3.8, 4) is 11.6 Å². The van der Waals surface area contributed by atoms with Gasteiger partial charge in [-0.25, -0.2) is 4.98 Å². The van der Waals surface area contributed by atoms with E-state index < -0.39 is 0 Å². The zero-order valence-corrected chi connectivity index (χ0v) is 14.4. The van der Waals surface area contributed by atoms with Gasteiger partial charge < -0.3 is 10.1 Å². The molecule has 6 heteroatoms. The lowest BCUT2D eigenvalue weighted by molar-refractivity contribution is 0.409. The summed E-state index contributed by atoms with van der Waals surface area (Å²) in [4.78, 5) is 4.36. The molecule has 0 aliphatic rings. The standard InChI is InChI=1S/C15H21BrN4O/c1-5-20-10-13(9-19-20)21-14-11(6-12(16)8-17-14)7-18-15(2,3)4/h6,8-10,18H,5,7H2,1-4H3. The Morgan fingerprint density at radius 2 is 2.10 bits per heavy atom. The van der Waals surface area contributed by atoms with Crippen molar-refractivity contribution in [1.29, 1.82) is 0 Å². The predicted molar refractivity (Wildman–Crippen MR) is 86.5 cm³/mol. The number of nitrogens with zero attached hydrogens (tertiary/aromatic N) is 3. The SMILES string of the molecule is CCn1cc(Oc2ncc(Br)cc2CNC(C)(C)C)cn1. The summed E-state index contributed by atoms with van der Waals surface area (Å²) < 4.78 is 8.61. The third kappa shape index (κ3) is 4.82. The monoisotopic (exact) mass is 352 g/mol. The van der Waals surface area contributed by atoms with E-state index in [-0.39, 0.29) is 5.54 Å². The van der Waals surface area contributed by atoms with Crippen LogP contribution in [0, 0.1) is 0 Å². The van der Waals surface area contributed by atoms with Gasteiger partial charge in [0.25, 0.3) is 0 Å². The molecule has 0 bridgehead atoms. The van der Waals surface area contributed by atoms with Gasteiger partial charge in [-0.3, -0.25) is 4.68 Å².